The lowest BCUT2D eigenvalue weighted by Crippen LogP contribution is -2.20. The standard InChI is InChI=1S/C8H14BO4P2/c10-3-5-4-1-8(11)13-6(4)2-7(5)14-15-9-12/h4-7,10,12,14-15H,1-3H2/t4-,5-,6?,7-/m1/s1. The van der Waals surface area contributed by atoms with Crippen LogP contribution in [0, 0.1) is 11.8 Å². The highest BCUT2D eigenvalue weighted by molar-refractivity contribution is 8.24. The van der Waals surface area contributed by atoms with Crippen LogP contribution in [-0.4, -0.2) is 41.7 Å². The molecule has 1 aliphatic carbocycles. The molecule has 2 rings (SSSR count). The van der Waals surface area contributed by atoms with Gasteiger partial charge < -0.3 is 14.9 Å². The highest BCUT2D eigenvalue weighted by Gasteiger charge is 2.49. The summed E-state index contributed by atoms with van der Waals surface area (Å²) in [6.07, 6.45) is 1.35. The van der Waals surface area contributed by atoms with Gasteiger partial charge in [-0.05, 0) is 18.0 Å². The number of fused-ring (bicyclic) bond motifs is 1. The van der Waals surface area contributed by atoms with Crippen LogP contribution in [0.25, 0.3) is 0 Å². The Bertz CT molecular complexity index is 253. The number of ether oxygens (including phenoxy) is 1. The fraction of sp³-hybridized carbons (Fsp3) is 0.875. The molecule has 2 aliphatic rings. The lowest BCUT2D eigenvalue weighted by atomic mass is 9.94. The third-order valence-electron chi connectivity index (χ3n) is 3.26. The van der Waals surface area contributed by atoms with Gasteiger partial charge in [0, 0.05) is 12.5 Å². The molecule has 3 unspecified atom stereocenters. The predicted octanol–water partition coefficient (Wildman–Crippen LogP) is 0.0974. The lowest BCUT2D eigenvalue weighted by Gasteiger charge is -2.19. The number of aliphatic hydroxyl groups is 1. The van der Waals surface area contributed by atoms with Crippen LogP contribution < -0.4 is 0 Å². The summed E-state index contributed by atoms with van der Waals surface area (Å²) in [5.74, 6) is 0.275. The molecule has 1 saturated heterocycles. The van der Waals surface area contributed by atoms with Gasteiger partial charge in [0.15, 0.2) is 0 Å². The second kappa shape index (κ2) is 5.10. The zero-order valence-corrected chi connectivity index (χ0v) is 10.2. The maximum absolute atomic E-state index is 11.1. The zero-order valence-electron chi connectivity index (χ0n) is 8.22. The van der Waals surface area contributed by atoms with Crippen LogP contribution in [0.2, 0.25) is 0 Å². The zero-order chi connectivity index (χ0) is 10.8. The van der Waals surface area contributed by atoms with Crippen molar-refractivity contribution in [1.29, 1.82) is 0 Å². The molecule has 0 aromatic heterocycles. The number of esters is 1. The molecule has 0 aromatic carbocycles. The van der Waals surface area contributed by atoms with E-state index in [2.05, 4.69) is 0 Å². The van der Waals surface area contributed by atoms with Gasteiger partial charge in [-0.15, -0.1) is 16.4 Å². The van der Waals surface area contributed by atoms with Crippen LogP contribution in [0.3, 0.4) is 0 Å². The molecule has 0 aromatic rings. The van der Waals surface area contributed by atoms with Crippen molar-refractivity contribution < 1.29 is 19.7 Å². The second-order valence-corrected chi connectivity index (χ2v) is 7.31. The van der Waals surface area contributed by atoms with E-state index < -0.39 is 0 Å². The topological polar surface area (TPSA) is 66.8 Å². The summed E-state index contributed by atoms with van der Waals surface area (Å²) in [6, 6.07) is 0. The fourth-order valence-corrected chi connectivity index (χ4v) is 5.64. The third-order valence-corrected chi connectivity index (χ3v) is 6.59. The van der Waals surface area contributed by atoms with Gasteiger partial charge in [0.05, 0.1) is 6.42 Å². The second-order valence-electron chi connectivity index (χ2n) is 4.00. The van der Waals surface area contributed by atoms with Gasteiger partial charge in [-0.1, -0.05) is 0 Å². The first kappa shape index (κ1) is 11.8. The Balaban J connectivity index is 1.97. The first-order valence-corrected chi connectivity index (χ1v) is 8.19. The SMILES string of the molecule is O=C1C[C@H]2C(C[C@@H](PP[B]O)[C@@H]2CO)O1. The first-order chi connectivity index (χ1) is 7.26. The van der Waals surface area contributed by atoms with Crippen LogP contribution in [0.15, 0.2) is 0 Å². The summed E-state index contributed by atoms with van der Waals surface area (Å²) in [5, 5.41) is 18.0. The number of carbonyl (C=O) groups is 1. The maximum Gasteiger partial charge on any atom is 0.322 e. The Morgan fingerprint density at radius 3 is 3.07 bits per heavy atom. The number of carbonyl (C=O) groups excluding carboxylic acids is 1. The summed E-state index contributed by atoms with van der Waals surface area (Å²) in [6.45, 7) is 0.130. The van der Waals surface area contributed by atoms with Crippen LogP contribution in [0.5, 0.6) is 0 Å². The molecular weight excluding hydrogens is 233 g/mol. The van der Waals surface area contributed by atoms with Crippen molar-refractivity contribution in [3.05, 3.63) is 0 Å². The lowest BCUT2D eigenvalue weighted by molar-refractivity contribution is -0.141. The minimum atomic E-state index is -0.124. The summed E-state index contributed by atoms with van der Waals surface area (Å²) in [7, 11) is 2.29. The average molecular weight is 247 g/mol. The maximum atomic E-state index is 11.1. The normalized spacial score (nSPS) is 40.5. The Labute approximate surface area is 92.9 Å². The Morgan fingerprint density at radius 2 is 2.40 bits per heavy atom. The van der Waals surface area contributed by atoms with E-state index in [4.69, 9.17) is 9.76 Å². The van der Waals surface area contributed by atoms with E-state index in [0.29, 0.717) is 28.5 Å². The molecule has 1 aliphatic heterocycles. The van der Waals surface area contributed by atoms with Crippen molar-refractivity contribution in [3.8, 4) is 0 Å². The van der Waals surface area contributed by atoms with Gasteiger partial charge in [0.1, 0.15) is 6.10 Å². The third kappa shape index (κ3) is 2.36. The first-order valence-electron chi connectivity index (χ1n) is 5.03. The van der Waals surface area contributed by atoms with Gasteiger partial charge >= 0.3 is 13.2 Å². The van der Waals surface area contributed by atoms with Gasteiger partial charge in [-0.3, -0.25) is 4.79 Å². The summed E-state index contributed by atoms with van der Waals surface area (Å²) < 4.78 is 5.21. The molecule has 2 N–H and O–H groups in total. The predicted molar refractivity (Wildman–Crippen MR) is 61.6 cm³/mol. The molecule has 0 bridgehead atoms. The molecule has 0 amide bonds. The summed E-state index contributed by atoms with van der Waals surface area (Å²) in [4.78, 5) is 11.1. The van der Waals surface area contributed by atoms with Crippen LogP contribution in [0.1, 0.15) is 12.8 Å². The van der Waals surface area contributed by atoms with Crippen molar-refractivity contribution in [1.82, 2.24) is 0 Å². The number of rotatable bonds is 4. The quantitative estimate of drug-likeness (QED) is 0.420. The molecule has 6 atom stereocenters. The van der Waals surface area contributed by atoms with Crippen LogP contribution >= 0.6 is 16.4 Å². The van der Waals surface area contributed by atoms with E-state index >= 15 is 0 Å². The Morgan fingerprint density at radius 1 is 1.60 bits per heavy atom. The average Bonchev–Trinajstić information content (AvgIpc) is 2.70. The van der Waals surface area contributed by atoms with Gasteiger partial charge in [0.2, 0.25) is 0 Å². The summed E-state index contributed by atoms with van der Waals surface area (Å²) >= 11 is 0. The molecule has 2 fully saturated rings. The minimum Gasteiger partial charge on any atom is -0.462 e. The van der Waals surface area contributed by atoms with E-state index in [-0.39, 0.29) is 30.5 Å². The number of hydrogen-bond donors (Lipinski definition) is 2. The van der Waals surface area contributed by atoms with Crippen molar-refractivity contribution in [2.24, 2.45) is 11.8 Å². The Hall–Kier alpha value is 0.315. The molecule has 1 heterocycles. The van der Waals surface area contributed by atoms with Crippen LogP contribution in [-0.2, 0) is 9.53 Å². The number of hydrogen-bond acceptors (Lipinski definition) is 4. The fourth-order valence-electron chi connectivity index (χ4n) is 2.57. The molecule has 1 saturated carbocycles. The highest BCUT2D eigenvalue weighted by Crippen LogP contribution is 2.53. The van der Waals surface area contributed by atoms with E-state index in [1.807, 2.05) is 0 Å². The van der Waals surface area contributed by atoms with Crippen molar-refractivity contribution in [3.63, 3.8) is 0 Å². The van der Waals surface area contributed by atoms with Gasteiger partial charge in [-0.25, -0.2) is 0 Å². The molecule has 15 heavy (non-hydrogen) atoms. The molecule has 1 radical (unpaired) electrons. The Kier molecular flexibility index (Phi) is 4.01. The largest absolute Gasteiger partial charge is 0.462 e. The van der Waals surface area contributed by atoms with Crippen molar-refractivity contribution in [2.75, 3.05) is 6.61 Å². The highest BCUT2D eigenvalue weighted by atomic mass is 32.0. The van der Waals surface area contributed by atoms with Gasteiger partial charge in [-0.2, -0.15) is 0 Å². The molecule has 83 valence electrons. The van der Waals surface area contributed by atoms with Crippen molar-refractivity contribution >= 4 is 29.6 Å². The number of aliphatic hydroxyl groups excluding tert-OH is 1. The van der Waals surface area contributed by atoms with E-state index in [1.165, 1.54) is 7.20 Å². The van der Waals surface area contributed by atoms with Crippen LogP contribution in [0.4, 0.5) is 0 Å². The molecule has 0 spiro atoms. The molecule has 7 heteroatoms. The smallest absolute Gasteiger partial charge is 0.322 e. The molecular formula is C8H14BO4P2. The van der Waals surface area contributed by atoms with Gasteiger partial charge in [0.25, 0.3) is 0 Å². The monoisotopic (exact) mass is 247 g/mol. The van der Waals surface area contributed by atoms with E-state index in [9.17, 15) is 9.90 Å². The van der Waals surface area contributed by atoms with E-state index in [0.717, 1.165) is 6.42 Å². The summed E-state index contributed by atoms with van der Waals surface area (Å²) in [5.41, 5.74) is 0.417. The van der Waals surface area contributed by atoms with Crippen molar-refractivity contribution in [2.45, 2.75) is 24.6 Å². The minimum absolute atomic E-state index is 0.0237. The molecule has 4 nitrogen and oxygen atoms in total. The van der Waals surface area contributed by atoms with E-state index in [1.54, 1.807) is 0 Å².